The molecule has 0 spiro atoms. The van der Waals surface area contributed by atoms with Crippen LogP contribution in [0, 0.1) is 0 Å². The fourth-order valence-electron chi connectivity index (χ4n) is 1.81. The molecular weight excluding hydrogens is 240 g/mol. The quantitative estimate of drug-likeness (QED) is 0.908. The van der Waals surface area contributed by atoms with Gasteiger partial charge in [-0.15, -0.1) is 0 Å². The van der Waals surface area contributed by atoms with Crippen molar-refractivity contribution < 1.29 is 4.79 Å². The Bertz CT molecular complexity index is 535. The average Bonchev–Trinajstić information content (AvgIpc) is 2.82. The minimum atomic E-state index is -0.0901. The minimum Gasteiger partial charge on any atom is -0.334 e. The maximum Gasteiger partial charge on any atom is 0.317 e. The number of aromatic nitrogens is 2. The highest BCUT2D eigenvalue weighted by Gasteiger charge is 2.09. The van der Waals surface area contributed by atoms with E-state index in [0.717, 1.165) is 11.1 Å². The van der Waals surface area contributed by atoms with Gasteiger partial charge in [0.15, 0.2) is 0 Å². The lowest BCUT2D eigenvalue weighted by molar-refractivity contribution is 0.206. The van der Waals surface area contributed by atoms with E-state index in [9.17, 15) is 4.79 Å². The molecule has 5 heteroatoms. The summed E-state index contributed by atoms with van der Waals surface area (Å²) in [7, 11) is 3.63. The molecule has 100 valence electrons. The largest absolute Gasteiger partial charge is 0.334 e. The predicted octanol–water partition coefficient (Wildman–Crippen LogP) is 1.76. The summed E-state index contributed by atoms with van der Waals surface area (Å²) in [6.45, 7) is 1.09. The summed E-state index contributed by atoms with van der Waals surface area (Å²) in [5.74, 6) is 0. The Morgan fingerprint density at radius 2 is 2.05 bits per heavy atom. The molecule has 2 amide bonds. The molecule has 0 aliphatic rings. The maximum absolute atomic E-state index is 11.9. The van der Waals surface area contributed by atoms with Gasteiger partial charge in [0.25, 0.3) is 0 Å². The number of amides is 2. The molecule has 1 heterocycles. The highest BCUT2D eigenvalue weighted by atomic mass is 16.2. The highest BCUT2D eigenvalue weighted by molar-refractivity contribution is 5.73. The Morgan fingerprint density at radius 1 is 1.32 bits per heavy atom. The molecule has 0 radical (unpaired) electrons. The van der Waals surface area contributed by atoms with Crippen LogP contribution >= 0.6 is 0 Å². The first-order valence-electron chi connectivity index (χ1n) is 6.15. The normalized spacial score (nSPS) is 10.2. The van der Waals surface area contributed by atoms with E-state index < -0.39 is 0 Å². The predicted molar refractivity (Wildman–Crippen MR) is 73.4 cm³/mol. The molecule has 5 nitrogen and oxygen atoms in total. The molecule has 19 heavy (non-hydrogen) atoms. The van der Waals surface area contributed by atoms with E-state index in [0.29, 0.717) is 13.1 Å². The molecule has 0 saturated heterocycles. The number of benzene rings is 1. The number of carbonyl (C=O) groups is 1. The fraction of sp³-hybridized carbons (Fsp3) is 0.286. The van der Waals surface area contributed by atoms with Crippen LogP contribution < -0.4 is 5.32 Å². The van der Waals surface area contributed by atoms with E-state index in [1.54, 1.807) is 22.8 Å². The van der Waals surface area contributed by atoms with Crippen molar-refractivity contribution in [3.8, 4) is 0 Å². The van der Waals surface area contributed by atoms with Crippen molar-refractivity contribution in [1.82, 2.24) is 20.0 Å². The minimum absolute atomic E-state index is 0.0901. The fourth-order valence-corrected chi connectivity index (χ4v) is 1.81. The van der Waals surface area contributed by atoms with Gasteiger partial charge in [0.2, 0.25) is 0 Å². The van der Waals surface area contributed by atoms with Gasteiger partial charge in [-0.3, -0.25) is 4.68 Å². The zero-order valence-corrected chi connectivity index (χ0v) is 11.2. The molecule has 1 N–H and O–H groups in total. The molecular formula is C14H18N4O. The van der Waals surface area contributed by atoms with Gasteiger partial charge in [0.1, 0.15) is 0 Å². The number of rotatable bonds is 4. The average molecular weight is 258 g/mol. The zero-order valence-electron chi connectivity index (χ0n) is 11.2. The van der Waals surface area contributed by atoms with Crippen LogP contribution in [0.2, 0.25) is 0 Å². The van der Waals surface area contributed by atoms with Crippen LogP contribution in [0.3, 0.4) is 0 Å². The Balaban J connectivity index is 1.82. The molecule has 1 aromatic carbocycles. The molecule has 0 bridgehead atoms. The molecule has 0 saturated carbocycles. The number of nitrogens with one attached hydrogen (secondary N) is 1. The summed E-state index contributed by atoms with van der Waals surface area (Å²) >= 11 is 0. The van der Waals surface area contributed by atoms with E-state index in [4.69, 9.17) is 0 Å². The monoisotopic (exact) mass is 258 g/mol. The first-order chi connectivity index (χ1) is 9.15. The molecule has 0 fully saturated rings. The molecule has 0 atom stereocenters. The maximum atomic E-state index is 11.9. The summed E-state index contributed by atoms with van der Waals surface area (Å²) < 4.78 is 1.73. The summed E-state index contributed by atoms with van der Waals surface area (Å²) in [5.41, 5.74) is 2.10. The number of hydrogen-bond acceptors (Lipinski definition) is 2. The van der Waals surface area contributed by atoms with Crippen molar-refractivity contribution in [2.24, 2.45) is 7.05 Å². The number of carbonyl (C=O) groups excluding carboxylic acids is 1. The summed E-state index contributed by atoms with van der Waals surface area (Å²) in [4.78, 5) is 13.6. The van der Waals surface area contributed by atoms with E-state index in [1.165, 1.54) is 0 Å². The van der Waals surface area contributed by atoms with Gasteiger partial charge in [-0.1, -0.05) is 30.3 Å². The van der Waals surface area contributed by atoms with Crippen molar-refractivity contribution in [2.75, 3.05) is 7.05 Å². The molecule has 0 unspecified atom stereocenters. The van der Waals surface area contributed by atoms with Crippen LogP contribution in [0.4, 0.5) is 4.79 Å². The second-order valence-corrected chi connectivity index (χ2v) is 4.52. The van der Waals surface area contributed by atoms with Gasteiger partial charge in [-0.2, -0.15) is 5.10 Å². The van der Waals surface area contributed by atoms with Crippen LogP contribution in [0.5, 0.6) is 0 Å². The third kappa shape index (κ3) is 3.84. The van der Waals surface area contributed by atoms with E-state index in [1.807, 2.05) is 43.6 Å². The van der Waals surface area contributed by atoms with Gasteiger partial charge in [-0.25, -0.2) is 4.79 Å². The second-order valence-electron chi connectivity index (χ2n) is 4.52. The summed E-state index contributed by atoms with van der Waals surface area (Å²) in [5, 5.41) is 6.97. The Kier molecular flexibility index (Phi) is 4.18. The third-order valence-electron chi connectivity index (χ3n) is 2.81. The summed E-state index contributed by atoms with van der Waals surface area (Å²) in [6, 6.07) is 9.76. The van der Waals surface area contributed by atoms with Crippen LogP contribution in [-0.2, 0) is 20.1 Å². The van der Waals surface area contributed by atoms with Gasteiger partial charge in [-0.05, 0) is 5.56 Å². The highest BCUT2D eigenvalue weighted by Crippen LogP contribution is 2.02. The smallest absolute Gasteiger partial charge is 0.317 e. The van der Waals surface area contributed by atoms with Gasteiger partial charge < -0.3 is 10.2 Å². The second kappa shape index (κ2) is 6.04. The first-order valence-corrected chi connectivity index (χ1v) is 6.15. The Morgan fingerprint density at radius 3 is 2.68 bits per heavy atom. The Labute approximate surface area is 112 Å². The lowest BCUT2D eigenvalue weighted by Gasteiger charge is -2.17. The van der Waals surface area contributed by atoms with Crippen molar-refractivity contribution in [3.63, 3.8) is 0 Å². The van der Waals surface area contributed by atoms with Gasteiger partial charge in [0.05, 0.1) is 12.7 Å². The lowest BCUT2D eigenvalue weighted by atomic mass is 10.2. The van der Waals surface area contributed by atoms with E-state index in [-0.39, 0.29) is 6.03 Å². The van der Waals surface area contributed by atoms with Crippen LogP contribution in [-0.4, -0.2) is 27.8 Å². The standard InChI is InChI=1S/C14H18N4O/c1-17(10-13-9-16-18(2)11-13)14(19)15-8-12-6-4-3-5-7-12/h3-7,9,11H,8,10H2,1-2H3,(H,15,19). The van der Waals surface area contributed by atoms with Crippen LogP contribution in [0.25, 0.3) is 0 Å². The SMILES string of the molecule is CN(Cc1cnn(C)c1)C(=O)NCc1ccccc1. The molecule has 0 aliphatic carbocycles. The van der Waals surface area contributed by atoms with Crippen molar-refractivity contribution in [3.05, 3.63) is 53.9 Å². The number of aryl methyl sites for hydroxylation is 1. The van der Waals surface area contributed by atoms with Gasteiger partial charge in [0, 0.05) is 32.4 Å². The number of nitrogens with zero attached hydrogens (tertiary/aromatic N) is 3. The number of urea groups is 1. The molecule has 1 aromatic heterocycles. The Hall–Kier alpha value is -2.30. The van der Waals surface area contributed by atoms with Crippen molar-refractivity contribution in [1.29, 1.82) is 0 Å². The molecule has 2 rings (SSSR count). The molecule has 2 aromatic rings. The topological polar surface area (TPSA) is 50.2 Å². The van der Waals surface area contributed by atoms with E-state index >= 15 is 0 Å². The summed E-state index contributed by atoms with van der Waals surface area (Å²) in [6.07, 6.45) is 3.67. The van der Waals surface area contributed by atoms with Crippen molar-refractivity contribution >= 4 is 6.03 Å². The molecule has 0 aliphatic heterocycles. The first kappa shape index (κ1) is 13.1. The number of hydrogen-bond donors (Lipinski definition) is 1. The van der Waals surface area contributed by atoms with Crippen molar-refractivity contribution in [2.45, 2.75) is 13.1 Å². The van der Waals surface area contributed by atoms with E-state index in [2.05, 4.69) is 10.4 Å². The zero-order chi connectivity index (χ0) is 13.7. The van der Waals surface area contributed by atoms with Crippen LogP contribution in [0.15, 0.2) is 42.7 Å². The van der Waals surface area contributed by atoms with Crippen LogP contribution in [0.1, 0.15) is 11.1 Å². The third-order valence-corrected chi connectivity index (χ3v) is 2.81. The lowest BCUT2D eigenvalue weighted by Crippen LogP contribution is -2.36. The van der Waals surface area contributed by atoms with Gasteiger partial charge >= 0.3 is 6.03 Å².